The largest absolute Gasteiger partial charge is 0.497 e. The van der Waals surface area contributed by atoms with Gasteiger partial charge in [-0.3, -0.25) is 14.4 Å². The van der Waals surface area contributed by atoms with Crippen LogP contribution in [0.1, 0.15) is 18.9 Å². The molecule has 0 aliphatic carbocycles. The number of rotatable bonds is 7. The van der Waals surface area contributed by atoms with Crippen molar-refractivity contribution in [1.82, 2.24) is 0 Å². The molecular weight excluding hydrogens is 372 g/mol. The van der Waals surface area contributed by atoms with Crippen molar-refractivity contribution in [3.05, 3.63) is 54.1 Å². The highest BCUT2D eigenvalue weighted by Crippen LogP contribution is 2.27. The molecule has 1 saturated heterocycles. The third kappa shape index (κ3) is 5.13. The first-order valence-corrected chi connectivity index (χ1v) is 9.50. The Morgan fingerprint density at radius 3 is 2.41 bits per heavy atom. The molecule has 7 heteroatoms. The maximum absolute atomic E-state index is 12.3. The Balaban J connectivity index is 1.50. The van der Waals surface area contributed by atoms with E-state index in [-0.39, 0.29) is 25.5 Å². The minimum Gasteiger partial charge on any atom is -0.497 e. The molecule has 0 spiro atoms. The van der Waals surface area contributed by atoms with Crippen LogP contribution in [-0.4, -0.2) is 38.0 Å². The van der Waals surface area contributed by atoms with Gasteiger partial charge in [-0.1, -0.05) is 19.1 Å². The van der Waals surface area contributed by atoms with Crippen LogP contribution in [-0.2, 0) is 25.5 Å². The molecule has 2 aromatic carbocycles. The summed E-state index contributed by atoms with van der Waals surface area (Å²) in [5.74, 6) is -1.03. The summed E-state index contributed by atoms with van der Waals surface area (Å²) in [6.45, 7) is 1.89. The van der Waals surface area contributed by atoms with E-state index >= 15 is 0 Å². The molecule has 0 saturated carbocycles. The van der Waals surface area contributed by atoms with Gasteiger partial charge in [0.25, 0.3) is 5.91 Å². The van der Waals surface area contributed by atoms with E-state index in [2.05, 4.69) is 12.2 Å². The van der Waals surface area contributed by atoms with Crippen molar-refractivity contribution in [3.8, 4) is 5.75 Å². The Labute approximate surface area is 169 Å². The monoisotopic (exact) mass is 396 g/mol. The number of hydrogen-bond donors (Lipinski definition) is 1. The maximum atomic E-state index is 12.3. The molecule has 3 rings (SSSR count). The van der Waals surface area contributed by atoms with Gasteiger partial charge in [0.15, 0.2) is 6.61 Å². The van der Waals surface area contributed by atoms with Gasteiger partial charge in [0, 0.05) is 24.3 Å². The zero-order valence-electron chi connectivity index (χ0n) is 16.5. The molecule has 0 bridgehead atoms. The van der Waals surface area contributed by atoms with Gasteiger partial charge in [0.05, 0.1) is 13.0 Å². The van der Waals surface area contributed by atoms with E-state index in [9.17, 15) is 14.4 Å². The molecule has 152 valence electrons. The number of benzene rings is 2. The van der Waals surface area contributed by atoms with Crippen molar-refractivity contribution in [1.29, 1.82) is 0 Å². The van der Waals surface area contributed by atoms with Crippen molar-refractivity contribution in [3.63, 3.8) is 0 Å². The Morgan fingerprint density at radius 1 is 1.10 bits per heavy atom. The molecule has 7 nitrogen and oxygen atoms in total. The lowest BCUT2D eigenvalue weighted by molar-refractivity contribution is -0.151. The lowest BCUT2D eigenvalue weighted by Gasteiger charge is -2.16. The normalized spacial score (nSPS) is 15.9. The predicted molar refractivity (Wildman–Crippen MR) is 109 cm³/mol. The first kappa shape index (κ1) is 20.4. The van der Waals surface area contributed by atoms with E-state index in [1.165, 1.54) is 5.56 Å². The second kappa shape index (κ2) is 9.23. The van der Waals surface area contributed by atoms with Gasteiger partial charge >= 0.3 is 5.97 Å². The minimum absolute atomic E-state index is 0.0605. The number of anilines is 2. The summed E-state index contributed by atoms with van der Waals surface area (Å²) in [5, 5.41) is 2.69. The summed E-state index contributed by atoms with van der Waals surface area (Å²) in [6, 6.07) is 14.5. The van der Waals surface area contributed by atoms with Gasteiger partial charge < -0.3 is 19.7 Å². The second-order valence-electron chi connectivity index (χ2n) is 6.81. The summed E-state index contributed by atoms with van der Waals surface area (Å²) in [6.07, 6.45) is 0.977. The SMILES string of the molecule is CCc1ccc(NC(=O)COC(=O)[C@@H]2CC(=O)N(c3ccc(OC)cc3)C2)cc1. The molecule has 0 radical (unpaired) electrons. The Morgan fingerprint density at radius 2 is 1.79 bits per heavy atom. The van der Waals surface area contributed by atoms with Crippen LogP contribution in [0.4, 0.5) is 11.4 Å². The molecule has 0 aromatic heterocycles. The fourth-order valence-corrected chi connectivity index (χ4v) is 3.15. The van der Waals surface area contributed by atoms with E-state index in [1.807, 2.05) is 12.1 Å². The van der Waals surface area contributed by atoms with Gasteiger partial charge in [-0.05, 0) is 48.4 Å². The number of amides is 2. The van der Waals surface area contributed by atoms with Crippen molar-refractivity contribution in [2.24, 2.45) is 5.92 Å². The van der Waals surface area contributed by atoms with Crippen molar-refractivity contribution < 1.29 is 23.9 Å². The molecule has 1 aliphatic heterocycles. The summed E-state index contributed by atoms with van der Waals surface area (Å²) in [5.41, 5.74) is 2.51. The van der Waals surface area contributed by atoms with Crippen LogP contribution in [0, 0.1) is 5.92 Å². The van der Waals surface area contributed by atoms with Crippen LogP contribution < -0.4 is 15.0 Å². The van der Waals surface area contributed by atoms with E-state index in [0.717, 1.165) is 6.42 Å². The average Bonchev–Trinajstić information content (AvgIpc) is 3.14. The third-order valence-corrected chi connectivity index (χ3v) is 4.83. The third-order valence-electron chi connectivity index (χ3n) is 4.83. The molecular formula is C22H24N2O5. The fraction of sp³-hybridized carbons (Fsp3) is 0.318. The number of carbonyl (C=O) groups excluding carboxylic acids is 3. The zero-order chi connectivity index (χ0) is 20.8. The standard InChI is InChI=1S/C22H24N2O5/c1-3-15-4-6-17(7-5-15)23-20(25)14-29-22(27)16-12-21(26)24(13-16)18-8-10-19(28-2)11-9-18/h4-11,16H,3,12-14H2,1-2H3,(H,23,25)/t16-/m1/s1. The summed E-state index contributed by atoms with van der Waals surface area (Å²) < 4.78 is 10.2. The molecule has 1 heterocycles. The number of nitrogens with one attached hydrogen (secondary N) is 1. The molecule has 1 aliphatic rings. The molecule has 0 unspecified atom stereocenters. The topological polar surface area (TPSA) is 84.9 Å². The van der Waals surface area contributed by atoms with Gasteiger partial charge in [-0.2, -0.15) is 0 Å². The minimum atomic E-state index is -0.596. The average molecular weight is 396 g/mol. The number of ether oxygens (including phenoxy) is 2. The first-order valence-electron chi connectivity index (χ1n) is 9.50. The molecule has 1 fully saturated rings. The van der Waals surface area contributed by atoms with Crippen LogP contribution in [0.15, 0.2) is 48.5 Å². The molecule has 2 amide bonds. The highest BCUT2D eigenvalue weighted by molar-refractivity contribution is 6.00. The number of aryl methyl sites for hydroxylation is 1. The van der Waals surface area contributed by atoms with Crippen LogP contribution >= 0.6 is 0 Å². The molecule has 1 N–H and O–H groups in total. The van der Waals surface area contributed by atoms with Crippen molar-refractivity contribution in [2.75, 3.05) is 30.5 Å². The molecule has 1 atom stereocenters. The Bertz CT molecular complexity index is 877. The highest BCUT2D eigenvalue weighted by Gasteiger charge is 2.36. The van der Waals surface area contributed by atoms with Crippen molar-refractivity contribution in [2.45, 2.75) is 19.8 Å². The van der Waals surface area contributed by atoms with Gasteiger partial charge in [0.1, 0.15) is 5.75 Å². The number of carbonyl (C=O) groups is 3. The summed E-state index contributed by atoms with van der Waals surface area (Å²) in [4.78, 5) is 38.2. The van der Waals surface area contributed by atoms with Crippen LogP contribution in [0.3, 0.4) is 0 Å². The zero-order valence-corrected chi connectivity index (χ0v) is 16.5. The van der Waals surface area contributed by atoms with E-state index in [0.29, 0.717) is 17.1 Å². The van der Waals surface area contributed by atoms with Gasteiger partial charge in [-0.15, -0.1) is 0 Å². The molecule has 2 aromatic rings. The fourth-order valence-electron chi connectivity index (χ4n) is 3.15. The summed E-state index contributed by atoms with van der Waals surface area (Å²) in [7, 11) is 1.57. The Hall–Kier alpha value is -3.35. The highest BCUT2D eigenvalue weighted by atomic mass is 16.5. The smallest absolute Gasteiger partial charge is 0.311 e. The molecule has 29 heavy (non-hydrogen) atoms. The maximum Gasteiger partial charge on any atom is 0.311 e. The lowest BCUT2D eigenvalue weighted by atomic mass is 10.1. The van der Waals surface area contributed by atoms with E-state index in [1.54, 1.807) is 48.4 Å². The van der Waals surface area contributed by atoms with Crippen LogP contribution in [0.5, 0.6) is 5.75 Å². The van der Waals surface area contributed by atoms with Gasteiger partial charge in [-0.25, -0.2) is 0 Å². The first-order chi connectivity index (χ1) is 14.0. The van der Waals surface area contributed by atoms with Gasteiger partial charge in [0.2, 0.25) is 5.91 Å². The summed E-state index contributed by atoms with van der Waals surface area (Å²) >= 11 is 0. The van der Waals surface area contributed by atoms with Crippen molar-refractivity contribution >= 4 is 29.2 Å². The quantitative estimate of drug-likeness (QED) is 0.728. The number of esters is 1. The van der Waals surface area contributed by atoms with E-state index < -0.39 is 17.8 Å². The number of nitrogens with zero attached hydrogens (tertiary/aromatic N) is 1. The number of methoxy groups -OCH3 is 1. The second-order valence-corrected chi connectivity index (χ2v) is 6.81. The van der Waals surface area contributed by atoms with Crippen LogP contribution in [0.2, 0.25) is 0 Å². The van der Waals surface area contributed by atoms with Crippen LogP contribution in [0.25, 0.3) is 0 Å². The Kier molecular flexibility index (Phi) is 6.49. The lowest BCUT2D eigenvalue weighted by Crippen LogP contribution is -2.28. The number of hydrogen-bond acceptors (Lipinski definition) is 5. The predicted octanol–water partition coefficient (Wildman–Crippen LogP) is 2.79. The van der Waals surface area contributed by atoms with E-state index in [4.69, 9.17) is 9.47 Å².